The molecule has 9 heteroatoms. The molecule has 0 spiro atoms. The van der Waals surface area contributed by atoms with Crippen LogP contribution in [0.3, 0.4) is 0 Å². The van der Waals surface area contributed by atoms with Gasteiger partial charge in [-0.05, 0) is 35.7 Å². The van der Waals surface area contributed by atoms with Gasteiger partial charge in [-0.3, -0.25) is 9.48 Å². The molecule has 2 aromatic rings. The highest BCUT2D eigenvalue weighted by atomic mass is 32.2. The van der Waals surface area contributed by atoms with Gasteiger partial charge in [-0.25, -0.2) is 13.1 Å². The molecule has 0 fully saturated rings. The second-order valence-electron chi connectivity index (χ2n) is 4.63. The van der Waals surface area contributed by atoms with Crippen molar-refractivity contribution in [2.24, 2.45) is 0 Å². The van der Waals surface area contributed by atoms with Crippen molar-refractivity contribution < 1.29 is 18.3 Å². The van der Waals surface area contributed by atoms with Crippen LogP contribution < -0.4 is 4.72 Å². The van der Waals surface area contributed by atoms with E-state index in [1.807, 2.05) is 16.8 Å². The van der Waals surface area contributed by atoms with Crippen LogP contribution in [0, 0.1) is 0 Å². The van der Waals surface area contributed by atoms with Gasteiger partial charge in [0.2, 0.25) is 10.0 Å². The van der Waals surface area contributed by atoms with Gasteiger partial charge in [-0.15, -0.1) is 0 Å². The highest BCUT2D eigenvalue weighted by Gasteiger charge is 2.20. The largest absolute Gasteiger partial charge is 0.480 e. The third kappa shape index (κ3) is 4.38. The number of aromatic nitrogens is 2. The van der Waals surface area contributed by atoms with E-state index in [0.29, 0.717) is 6.42 Å². The molecule has 0 bridgehead atoms. The number of carbonyl (C=O) groups is 1. The fraction of sp³-hybridized carbons (Fsp3) is 0.333. The molecule has 1 unspecified atom stereocenters. The zero-order valence-corrected chi connectivity index (χ0v) is 12.9. The van der Waals surface area contributed by atoms with Crippen LogP contribution >= 0.6 is 11.3 Å². The molecular weight excluding hydrogens is 314 g/mol. The Labute approximate surface area is 126 Å². The molecule has 21 heavy (non-hydrogen) atoms. The lowest BCUT2D eigenvalue weighted by molar-refractivity contribution is -0.137. The van der Waals surface area contributed by atoms with Gasteiger partial charge in [0.1, 0.15) is 11.4 Å². The summed E-state index contributed by atoms with van der Waals surface area (Å²) in [6, 6.07) is 1.67. The molecule has 2 heterocycles. The molecule has 0 aliphatic rings. The number of hydrogen-bond donors (Lipinski definition) is 2. The average molecular weight is 329 g/mol. The van der Waals surface area contributed by atoms with Crippen LogP contribution in [0.1, 0.15) is 12.5 Å². The summed E-state index contributed by atoms with van der Waals surface area (Å²) in [6.45, 7) is 1.40. The number of nitrogens with zero attached hydrogens (tertiary/aromatic N) is 2. The summed E-state index contributed by atoms with van der Waals surface area (Å²) in [5.41, 5.74) is 1.07. The first kappa shape index (κ1) is 15.7. The molecule has 1 atom stereocenters. The molecule has 0 amide bonds. The number of aliphatic carboxylic acids is 1. The molecule has 7 nitrogen and oxygen atoms in total. The van der Waals surface area contributed by atoms with E-state index in [0.717, 1.165) is 16.4 Å². The topological polar surface area (TPSA) is 101 Å². The maximum Gasteiger partial charge on any atom is 0.325 e. The summed E-state index contributed by atoms with van der Waals surface area (Å²) in [5.74, 6) is -1.08. The van der Waals surface area contributed by atoms with E-state index in [9.17, 15) is 13.2 Å². The van der Waals surface area contributed by atoms with E-state index < -0.39 is 16.0 Å². The average Bonchev–Trinajstić information content (AvgIpc) is 2.98. The summed E-state index contributed by atoms with van der Waals surface area (Å²) in [4.78, 5) is 10.5. The van der Waals surface area contributed by atoms with Crippen LogP contribution in [0.15, 0.2) is 34.1 Å². The van der Waals surface area contributed by atoms with Crippen molar-refractivity contribution in [3.8, 4) is 0 Å². The quantitative estimate of drug-likeness (QED) is 0.787. The fourth-order valence-corrected chi connectivity index (χ4v) is 3.72. The molecule has 2 N–H and O–H groups in total. The van der Waals surface area contributed by atoms with Crippen LogP contribution in [0.2, 0.25) is 0 Å². The van der Waals surface area contributed by atoms with Gasteiger partial charge in [0.05, 0.1) is 6.20 Å². The summed E-state index contributed by atoms with van der Waals surface area (Å²) in [5, 5.41) is 16.3. The van der Waals surface area contributed by atoms with Gasteiger partial charge in [0.15, 0.2) is 0 Å². The zero-order chi connectivity index (χ0) is 15.5. The van der Waals surface area contributed by atoms with Crippen molar-refractivity contribution in [2.75, 3.05) is 0 Å². The smallest absolute Gasteiger partial charge is 0.325 e. The van der Waals surface area contributed by atoms with Gasteiger partial charge < -0.3 is 5.11 Å². The zero-order valence-electron chi connectivity index (χ0n) is 11.3. The van der Waals surface area contributed by atoms with E-state index in [-0.39, 0.29) is 17.5 Å². The molecule has 2 aromatic heterocycles. The first-order chi connectivity index (χ1) is 9.87. The number of thiophene rings is 1. The molecule has 0 aliphatic carbocycles. The second-order valence-corrected chi connectivity index (χ2v) is 7.12. The SMILES string of the molecule is CC(Cc1ccsc1)NS(=O)(=O)c1cnn(CC(=O)O)c1. The maximum absolute atomic E-state index is 12.2. The lowest BCUT2D eigenvalue weighted by Crippen LogP contribution is -2.33. The van der Waals surface area contributed by atoms with Gasteiger partial charge >= 0.3 is 5.97 Å². The highest BCUT2D eigenvalue weighted by Crippen LogP contribution is 2.12. The Balaban J connectivity index is 2.03. The lowest BCUT2D eigenvalue weighted by Gasteiger charge is -2.12. The van der Waals surface area contributed by atoms with Gasteiger partial charge in [-0.2, -0.15) is 16.4 Å². The summed E-state index contributed by atoms with van der Waals surface area (Å²) in [7, 11) is -3.70. The van der Waals surface area contributed by atoms with Crippen molar-refractivity contribution in [1.82, 2.24) is 14.5 Å². The number of carboxylic acids is 1. The second kappa shape index (κ2) is 6.37. The molecule has 114 valence electrons. The number of nitrogens with one attached hydrogen (secondary N) is 1. The monoisotopic (exact) mass is 329 g/mol. The van der Waals surface area contributed by atoms with Crippen molar-refractivity contribution in [2.45, 2.75) is 30.8 Å². The molecule has 0 aliphatic heterocycles. The van der Waals surface area contributed by atoms with Gasteiger partial charge in [0, 0.05) is 12.2 Å². The molecule has 0 saturated heterocycles. The molecule has 0 saturated carbocycles. The molecule has 0 radical (unpaired) electrons. The van der Waals surface area contributed by atoms with E-state index in [4.69, 9.17) is 5.11 Å². The lowest BCUT2D eigenvalue weighted by atomic mass is 10.1. The summed E-state index contributed by atoms with van der Waals surface area (Å²) >= 11 is 1.56. The Kier molecular flexibility index (Phi) is 4.76. The van der Waals surface area contributed by atoms with Crippen LogP contribution in [-0.2, 0) is 27.8 Å². The van der Waals surface area contributed by atoms with Crippen molar-refractivity contribution in [3.63, 3.8) is 0 Å². The van der Waals surface area contributed by atoms with Crippen LogP contribution in [0.25, 0.3) is 0 Å². The third-order valence-corrected chi connectivity index (χ3v) is 4.97. The molecule has 2 rings (SSSR count). The van der Waals surface area contributed by atoms with Crippen LogP contribution in [0.5, 0.6) is 0 Å². The van der Waals surface area contributed by atoms with Crippen LogP contribution in [0.4, 0.5) is 0 Å². The van der Waals surface area contributed by atoms with E-state index in [1.165, 1.54) is 6.20 Å². The number of rotatable bonds is 7. The Hall–Kier alpha value is -1.71. The number of carboxylic acid groups (broad SMARTS) is 1. The summed E-state index contributed by atoms with van der Waals surface area (Å²) < 4.78 is 27.9. The maximum atomic E-state index is 12.2. The minimum atomic E-state index is -3.70. The predicted molar refractivity (Wildman–Crippen MR) is 77.7 cm³/mol. The predicted octanol–water partition coefficient (Wildman–Crippen LogP) is 0.939. The van der Waals surface area contributed by atoms with E-state index in [1.54, 1.807) is 18.3 Å². The Morgan fingerprint density at radius 2 is 2.33 bits per heavy atom. The standard InChI is InChI=1S/C12H15N3O4S2/c1-9(4-10-2-3-20-8-10)14-21(18,19)11-5-13-15(6-11)7-12(16)17/h2-3,5-6,8-9,14H,4,7H2,1H3,(H,16,17). The highest BCUT2D eigenvalue weighted by molar-refractivity contribution is 7.89. The van der Waals surface area contributed by atoms with E-state index in [2.05, 4.69) is 9.82 Å². The Morgan fingerprint density at radius 1 is 1.57 bits per heavy atom. The minimum Gasteiger partial charge on any atom is -0.480 e. The third-order valence-electron chi connectivity index (χ3n) is 2.70. The van der Waals surface area contributed by atoms with Crippen LogP contribution in [-0.4, -0.2) is 35.3 Å². The summed E-state index contributed by atoms with van der Waals surface area (Å²) in [6.07, 6.45) is 2.93. The Bertz CT molecular complexity index is 707. The normalized spacial score (nSPS) is 13.2. The fourth-order valence-electron chi connectivity index (χ4n) is 1.85. The van der Waals surface area contributed by atoms with Gasteiger partial charge in [-0.1, -0.05) is 0 Å². The first-order valence-electron chi connectivity index (χ1n) is 6.14. The molecule has 0 aromatic carbocycles. The minimum absolute atomic E-state index is 0.0408. The van der Waals surface area contributed by atoms with Crippen molar-refractivity contribution >= 4 is 27.3 Å². The Morgan fingerprint density at radius 3 is 2.95 bits per heavy atom. The number of hydrogen-bond acceptors (Lipinski definition) is 5. The van der Waals surface area contributed by atoms with Gasteiger partial charge in [0.25, 0.3) is 0 Å². The molecular formula is C12H15N3O4S2. The van der Waals surface area contributed by atoms with Crippen molar-refractivity contribution in [1.29, 1.82) is 0 Å². The number of sulfonamides is 1. The van der Waals surface area contributed by atoms with Crippen molar-refractivity contribution in [3.05, 3.63) is 34.8 Å². The first-order valence-corrected chi connectivity index (χ1v) is 8.57. The van der Waals surface area contributed by atoms with E-state index >= 15 is 0 Å².